The zero-order valence-corrected chi connectivity index (χ0v) is 11.4. The second-order valence-corrected chi connectivity index (χ2v) is 5.13. The van der Waals surface area contributed by atoms with Gasteiger partial charge in [-0.05, 0) is 38.8 Å². The van der Waals surface area contributed by atoms with Gasteiger partial charge < -0.3 is 10.2 Å². The number of halogens is 1. The van der Waals surface area contributed by atoms with Crippen LogP contribution in [0.2, 0.25) is 0 Å². The molecule has 0 amide bonds. The highest BCUT2D eigenvalue weighted by atomic mass is 19.1. The van der Waals surface area contributed by atoms with Crippen molar-refractivity contribution in [3.8, 4) is 0 Å². The van der Waals surface area contributed by atoms with Crippen LogP contribution in [0.4, 0.5) is 4.39 Å². The van der Waals surface area contributed by atoms with Crippen molar-refractivity contribution in [2.24, 2.45) is 0 Å². The molecule has 0 radical (unpaired) electrons. The average molecular weight is 251 g/mol. The van der Waals surface area contributed by atoms with Gasteiger partial charge in [0, 0.05) is 31.7 Å². The molecule has 1 saturated heterocycles. The Morgan fingerprint density at radius 3 is 2.50 bits per heavy atom. The number of nitrogens with zero attached hydrogens (tertiary/aromatic N) is 2. The van der Waals surface area contributed by atoms with Gasteiger partial charge in [0.25, 0.3) is 0 Å². The van der Waals surface area contributed by atoms with Crippen LogP contribution < -0.4 is 5.32 Å². The molecular weight excluding hydrogens is 229 g/mol. The molecule has 1 heterocycles. The monoisotopic (exact) mass is 251 g/mol. The fourth-order valence-electron chi connectivity index (χ4n) is 2.66. The fraction of sp³-hybridized carbons (Fsp3) is 0.571. The molecule has 2 atom stereocenters. The number of hydrogen-bond acceptors (Lipinski definition) is 3. The quantitative estimate of drug-likeness (QED) is 0.874. The van der Waals surface area contributed by atoms with E-state index in [-0.39, 0.29) is 11.9 Å². The number of rotatable bonds is 3. The summed E-state index contributed by atoms with van der Waals surface area (Å²) in [7, 11) is 6.28. The Balaban J connectivity index is 2.19. The van der Waals surface area contributed by atoms with Gasteiger partial charge in [-0.2, -0.15) is 0 Å². The summed E-state index contributed by atoms with van der Waals surface area (Å²) in [6.45, 7) is 3.20. The second-order valence-electron chi connectivity index (χ2n) is 5.13. The first-order valence-corrected chi connectivity index (χ1v) is 6.43. The zero-order chi connectivity index (χ0) is 13.1. The van der Waals surface area contributed by atoms with E-state index in [2.05, 4.69) is 29.2 Å². The molecule has 2 unspecified atom stereocenters. The van der Waals surface area contributed by atoms with E-state index in [9.17, 15) is 4.39 Å². The summed E-state index contributed by atoms with van der Waals surface area (Å²) in [5.74, 6) is -0.178. The Morgan fingerprint density at radius 2 is 1.89 bits per heavy atom. The minimum absolute atomic E-state index is 0.178. The summed E-state index contributed by atoms with van der Waals surface area (Å²) in [6, 6.07) is 7.47. The van der Waals surface area contributed by atoms with Crippen molar-refractivity contribution >= 4 is 0 Å². The van der Waals surface area contributed by atoms with E-state index < -0.39 is 0 Å². The molecule has 0 spiro atoms. The second kappa shape index (κ2) is 5.78. The SMILES string of the molecule is CNC(c1ccc(F)cc1)C1CN(C)CCN1C. The number of piperazine rings is 1. The molecule has 0 saturated carbocycles. The largest absolute Gasteiger partial charge is 0.312 e. The maximum Gasteiger partial charge on any atom is 0.123 e. The lowest BCUT2D eigenvalue weighted by atomic mass is 9.96. The maximum absolute atomic E-state index is 13.0. The van der Waals surface area contributed by atoms with Crippen LogP contribution in [-0.4, -0.2) is 56.6 Å². The van der Waals surface area contributed by atoms with E-state index in [0.717, 1.165) is 25.2 Å². The molecule has 1 aromatic rings. The maximum atomic E-state index is 13.0. The summed E-state index contributed by atoms with van der Waals surface area (Å²) >= 11 is 0. The van der Waals surface area contributed by atoms with Crippen LogP contribution >= 0.6 is 0 Å². The zero-order valence-electron chi connectivity index (χ0n) is 11.4. The smallest absolute Gasteiger partial charge is 0.123 e. The Morgan fingerprint density at radius 1 is 1.22 bits per heavy atom. The molecule has 1 N–H and O–H groups in total. The molecular formula is C14H22FN3. The van der Waals surface area contributed by atoms with E-state index in [4.69, 9.17) is 0 Å². The van der Waals surface area contributed by atoms with Crippen LogP contribution in [0.15, 0.2) is 24.3 Å². The highest BCUT2D eigenvalue weighted by Gasteiger charge is 2.29. The van der Waals surface area contributed by atoms with Crippen molar-refractivity contribution in [1.82, 2.24) is 15.1 Å². The molecule has 0 aromatic heterocycles. The van der Waals surface area contributed by atoms with Crippen LogP contribution in [0, 0.1) is 5.82 Å². The van der Waals surface area contributed by atoms with Crippen molar-refractivity contribution in [2.45, 2.75) is 12.1 Å². The first-order chi connectivity index (χ1) is 8.61. The molecule has 1 fully saturated rings. The molecule has 3 nitrogen and oxygen atoms in total. The lowest BCUT2D eigenvalue weighted by molar-refractivity contribution is 0.0897. The lowest BCUT2D eigenvalue weighted by Gasteiger charge is -2.42. The summed E-state index contributed by atoms with van der Waals surface area (Å²) in [5, 5.41) is 3.37. The number of benzene rings is 1. The van der Waals surface area contributed by atoms with Crippen molar-refractivity contribution in [1.29, 1.82) is 0 Å². The van der Waals surface area contributed by atoms with Gasteiger partial charge in [0.05, 0.1) is 0 Å². The standard InChI is InChI=1S/C14H22FN3/c1-16-14(11-4-6-12(15)7-5-11)13-10-17(2)8-9-18(13)3/h4-7,13-14,16H,8-10H2,1-3H3. The third-order valence-electron chi connectivity index (χ3n) is 3.82. The lowest BCUT2D eigenvalue weighted by Crippen LogP contribution is -2.54. The van der Waals surface area contributed by atoms with Crippen LogP contribution in [0.25, 0.3) is 0 Å². The van der Waals surface area contributed by atoms with Crippen molar-refractivity contribution < 1.29 is 4.39 Å². The van der Waals surface area contributed by atoms with Gasteiger partial charge in [-0.25, -0.2) is 4.39 Å². The average Bonchev–Trinajstić information content (AvgIpc) is 2.37. The normalized spacial score (nSPS) is 24.1. The van der Waals surface area contributed by atoms with Gasteiger partial charge in [0.1, 0.15) is 5.82 Å². The van der Waals surface area contributed by atoms with Crippen LogP contribution in [0.1, 0.15) is 11.6 Å². The summed E-state index contributed by atoms with van der Waals surface area (Å²) in [5.41, 5.74) is 1.14. The van der Waals surface area contributed by atoms with Gasteiger partial charge in [-0.15, -0.1) is 0 Å². The van der Waals surface area contributed by atoms with E-state index in [0.29, 0.717) is 6.04 Å². The Hall–Kier alpha value is -0.970. The van der Waals surface area contributed by atoms with Crippen LogP contribution in [0.3, 0.4) is 0 Å². The third-order valence-corrected chi connectivity index (χ3v) is 3.82. The number of hydrogen-bond donors (Lipinski definition) is 1. The summed E-state index contributed by atoms with van der Waals surface area (Å²) in [4.78, 5) is 4.73. The Labute approximate surface area is 109 Å². The minimum atomic E-state index is -0.178. The first-order valence-electron chi connectivity index (χ1n) is 6.43. The van der Waals surface area contributed by atoms with E-state index in [1.807, 2.05) is 19.2 Å². The molecule has 0 bridgehead atoms. The Bertz CT molecular complexity index is 379. The molecule has 1 aliphatic heterocycles. The van der Waals surface area contributed by atoms with E-state index in [1.54, 1.807) is 0 Å². The molecule has 1 aliphatic rings. The third kappa shape index (κ3) is 2.88. The topological polar surface area (TPSA) is 18.5 Å². The molecule has 100 valence electrons. The predicted octanol–water partition coefficient (Wildman–Crippen LogP) is 1.33. The van der Waals surface area contributed by atoms with Gasteiger partial charge in [-0.1, -0.05) is 12.1 Å². The van der Waals surface area contributed by atoms with Crippen molar-refractivity contribution in [3.63, 3.8) is 0 Å². The van der Waals surface area contributed by atoms with E-state index >= 15 is 0 Å². The van der Waals surface area contributed by atoms with Crippen LogP contribution in [0.5, 0.6) is 0 Å². The predicted molar refractivity (Wildman–Crippen MR) is 72.1 cm³/mol. The van der Waals surface area contributed by atoms with E-state index in [1.165, 1.54) is 12.1 Å². The number of nitrogens with one attached hydrogen (secondary N) is 1. The first kappa shape index (κ1) is 13.5. The fourth-order valence-corrected chi connectivity index (χ4v) is 2.66. The minimum Gasteiger partial charge on any atom is -0.312 e. The van der Waals surface area contributed by atoms with Crippen LogP contribution in [-0.2, 0) is 0 Å². The summed E-state index contributed by atoms with van der Waals surface area (Å²) < 4.78 is 13.0. The van der Waals surface area contributed by atoms with Gasteiger partial charge in [0.2, 0.25) is 0 Å². The Kier molecular flexibility index (Phi) is 4.32. The highest BCUT2D eigenvalue weighted by Crippen LogP contribution is 2.23. The molecule has 4 heteroatoms. The van der Waals surface area contributed by atoms with Crippen molar-refractivity contribution in [2.75, 3.05) is 40.8 Å². The molecule has 0 aliphatic carbocycles. The van der Waals surface area contributed by atoms with Gasteiger partial charge >= 0.3 is 0 Å². The molecule has 1 aromatic carbocycles. The van der Waals surface area contributed by atoms with Gasteiger partial charge in [0.15, 0.2) is 0 Å². The van der Waals surface area contributed by atoms with Gasteiger partial charge in [-0.3, -0.25) is 4.90 Å². The summed E-state index contributed by atoms with van der Waals surface area (Å²) in [6.07, 6.45) is 0. The highest BCUT2D eigenvalue weighted by molar-refractivity contribution is 5.22. The van der Waals surface area contributed by atoms with Crippen molar-refractivity contribution in [3.05, 3.63) is 35.6 Å². The molecule has 2 rings (SSSR count). The number of likely N-dealkylation sites (N-methyl/N-ethyl adjacent to an activating group) is 3. The molecule has 18 heavy (non-hydrogen) atoms.